The zero-order valence-corrected chi connectivity index (χ0v) is 23.0. The largest absolute Gasteiger partial charge is 0.351 e. The number of nitrogens with one attached hydrogen (secondary N) is 1. The lowest BCUT2D eigenvalue weighted by Gasteiger charge is -2.28. The highest BCUT2D eigenvalue weighted by atomic mass is 35.5. The van der Waals surface area contributed by atoms with Crippen LogP contribution >= 0.6 is 35.4 Å². The second kappa shape index (κ2) is 9.89. The first-order chi connectivity index (χ1) is 17.3. The number of thiocarbonyl (C=S) groups is 1. The van der Waals surface area contributed by atoms with Gasteiger partial charge in [-0.05, 0) is 85.6 Å². The van der Waals surface area contributed by atoms with Gasteiger partial charge in [-0.1, -0.05) is 61.3 Å². The van der Waals surface area contributed by atoms with Gasteiger partial charge < -0.3 is 14.8 Å². The van der Waals surface area contributed by atoms with Crippen LogP contribution < -0.4 is 10.2 Å². The van der Waals surface area contributed by atoms with Crippen molar-refractivity contribution in [2.45, 2.75) is 45.7 Å². The standard InChI is InChI=1S/C29H28Cl2N4S/c1-17(2)20-11-13-21(14-12-20)35-28(27(33-29(35)36)24-9-5-6-15-32-24)22-16-18(3)34(19(22)4)25-10-7-8-23(30)26(25)31/h5-17,27-28H,1-4H3,(H,33,36)/t27-,28-/m0/s1. The number of anilines is 1. The molecule has 0 radical (unpaired) electrons. The fourth-order valence-electron chi connectivity index (χ4n) is 5.09. The van der Waals surface area contributed by atoms with Crippen molar-refractivity contribution in [2.24, 2.45) is 0 Å². The van der Waals surface area contributed by atoms with Crippen molar-refractivity contribution in [2.75, 3.05) is 4.90 Å². The third-order valence-corrected chi connectivity index (χ3v) is 8.02. The van der Waals surface area contributed by atoms with Crippen molar-refractivity contribution in [3.8, 4) is 5.69 Å². The summed E-state index contributed by atoms with van der Waals surface area (Å²) in [6, 6.07) is 22.4. The van der Waals surface area contributed by atoms with E-state index >= 15 is 0 Å². The Kier molecular flexibility index (Phi) is 6.82. The molecule has 1 N–H and O–H groups in total. The lowest BCUT2D eigenvalue weighted by molar-refractivity contribution is 0.565. The smallest absolute Gasteiger partial charge is 0.174 e. The van der Waals surface area contributed by atoms with Crippen LogP contribution in [0.3, 0.4) is 0 Å². The fraction of sp³-hybridized carbons (Fsp3) is 0.241. The SMILES string of the molecule is Cc1cc([C@H]2[C@H](c3ccccn3)NC(=S)N2c2ccc(C(C)C)cc2)c(C)n1-c1cccc(Cl)c1Cl. The van der Waals surface area contributed by atoms with Gasteiger partial charge in [-0.3, -0.25) is 4.98 Å². The summed E-state index contributed by atoms with van der Waals surface area (Å²) in [5, 5.41) is 5.31. The first-order valence-electron chi connectivity index (χ1n) is 12.0. The zero-order valence-electron chi connectivity index (χ0n) is 20.7. The molecule has 5 rings (SSSR count). The molecule has 0 bridgehead atoms. The lowest BCUT2D eigenvalue weighted by Crippen LogP contribution is -2.29. The van der Waals surface area contributed by atoms with E-state index in [0.717, 1.165) is 34.0 Å². The van der Waals surface area contributed by atoms with Crippen molar-refractivity contribution < 1.29 is 0 Å². The monoisotopic (exact) mass is 534 g/mol. The predicted molar refractivity (Wildman–Crippen MR) is 154 cm³/mol. The van der Waals surface area contributed by atoms with E-state index in [2.05, 4.69) is 77.8 Å². The number of hydrogen-bond acceptors (Lipinski definition) is 2. The minimum Gasteiger partial charge on any atom is -0.351 e. The molecule has 0 spiro atoms. The van der Waals surface area contributed by atoms with E-state index in [1.165, 1.54) is 5.56 Å². The summed E-state index contributed by atoms with van der Waals surface area (Å²) < 4.78 is 2.17. The second-order valence-corrected chi connectivity index (χ2v) is 10.6. The second-order valence-electron chi connectivity index (χ2n) is 9.48. The minimum absolute atomic E-state index is 0.102. The Hall–Kier alpha value is -2.86. The molecular weight excluding hydrogens is 507 g/mol. The van der Waals surface area contributed by atoms with Gasteiger partial charge in [0, 0.05) is 23.3 Å². The van der Waals surface area contributed by atoms with Crippen molar-refractivity contribution in [1.29, 1.82) is 0 Å². The van der Waals surface area contributed by atoms with Gasteiger partial charge in [-0.2, -0.15) is 0 Å². The van der Waals surface area contributed by atoms with Crippen LogP contribution in [0.25, 0.3) is 5.69 Å². The first kappa shape index (κ1) is 24.8. The summed E-state index contributed by atoms with van der Waals surface area (Å²) in [6.07, 6.45) is 1.83. The molecule has 1 aliphatic rings. The Morgan fingerprint density at radius 1 is 0.972 bits per heavy atom. The molecule has 36 heavy (non-hydrogen) atoms. The summed E-state index contributed by atoms with van der Waals surface area (Å²) >= 11 is 18.9. The van der Waals surface area contributed by atoms with Crippen LogP contribution in [0, 0.1) is 13.8 Å². The van der Waals surface area contributed by atoms with Gasteiger partial charge in [0.2, 0.25) is 0 Å². The molecule has 1 aliphatic heterocycles. The van der Waals surface area contributed by atoms with Crippen LogP contribution in [0.1, 0.15) is 60.1 Å². The molecule has 1 fully saturated rings. The van der Waals surface area contributed by atoms with Crippen LogP contribution in [0.15, 0.2) is 72.9 Å². The van der Waals surface area contributed by atoms with Crippen molar-refractivity contribution in [3.63, 3.8) is 0 Å². The van der Waals surface area contributed by atoms with Crippen LogP contribution in [-0.2, 0) is 0 Å². The maximum absolute atomic E-state index is 6.65. The maximum atomic E-state index is 6.65. The van der Waals surface area contributed by atoms with Crippen molar-refractivity contribution >= 4 is 46.2 Å². The Balaban J connectivity index is 1.68. The lowest BCUT2D eigenvalue weighted by atomic mass is 9.96. The molecule has 2 atom stereocenters. The number of aryl methyl sites for hydroxylation is 1. The van der Waals surface area contributed by atoms with Crippen LogP contribution in [0.2, 0.25) is 10.0 Å². The Morgan fingerprint density at radius 3 is 2.39 bits per heavy atom. The molecule has 0 saturated carbocycles. The quantitative estimate of drug-likeness (QED) is 0.262. The molecule has 184 valence electrons. The topological polar surface area (TPSA) is 33.1 Å². The molecule has 0 amide bonds. The Morgan fingerprint density at radius 2 is 1.72 bits per heavy atom. The summed E-state index contributed by atoms with van der Waals surface area (Å²) in [5.74, 6) is 0.459. The number of pyridine rings is 1. The Bertz CT molecular complexity index is 1410. The molecule has 7 heteroatoms. The Labute approximate surface area is 227 Å². The summed E-state index contributed by atoms with van der Waals surface area (Å²) in [5.41, 5.74) is 7.45. The number of benzene rings is 2. The number of aromatic nitrogens is 2. The molecule has 4 nitrogen and oxygen atoms in total. The summed E-state index contributed by atoms with van der Waals surface area (Å²) in [4.78, 5) is 6.90. The molecule has 3 heterocycles. The fourth-order valence-corrected chi connectivity index (χ4v) is 5.82. The van der Waals surface area contributed by atoms with E-state index in [1.807, 2.05) is 36.5 Å². The highest BCUT2D eigenvalue weighted by Crippen LogP contribution is 2.44. The van der Waals surface area contributed by atoms with E-state index in [9.17, 15) is 0 Å². The van der Waals surface area contributed by atoms with Gasteiger partial charge in [0.1, 0.15) is 0 Å². The van der Waals surface area contributed by atoms with Gasteiger partial charge >= 0.3 is 0 Å². The van der Waals surface area contributed by atoms with Gasteiger partial charge in [0.25, 0.3) is 0 Å². The average molecular weight is 536 g/mol. The number of hydrogen-bond donors (Lipinski definition) is 1. The van der Waals surface area contributed by atoms with Gasteiger partial charge in [-0.25, -0.2) is 0 Å². The van der Waals surface area contributed by atoms with Crippen LogP contribution in [0.5, 0.6) is 0 Å². The van der Waals surface area contributed by atoms with E-state index in [-0.39, 0.29) is 12.1 Å². The van der Waals surface area contributed by atoms with Crippen LogP contribution in [-0.4, -0.2) is 14.7 Å². The highest BCUT2D eigenvalue weighted by molar-refractivity contribution is 7.80. The molecule has 2 aromatic heterocycles. The van der Waals surface area contributed by atoms with E-state index in [0.29, 0.717) is 21.1 Å². The number of nitrogens with zero attached hydrogens (tertiary/aromatic N) is 3. The molecule has 0 aliphatic carbocycles. The summed E-state index contributed by atoms with van der Waals surface area (Å²) in [6.45, 7) is 8.61. The van der Waals surface area contributed by atoms with Gasteiger partial charge in [0.05, 0.1) is 33.5 Å². The van der Waals surface area contributed by atoms with Gasteiger partial charge in [-0.15, -0.1) is 0 Å². The van der Waals surface area contributed by atoms with Crippen molar-refractivity contribution in [1.82, 2.24) is 14.9 Å². The predicted octanol–water partition coefficient (Wildman–Crippen LogP) is 8.10. The third kappa shape index (κ3) is 4.30. The molecule has 0 unspecified atom stereocenters. The highest BCUT2D eigenvalue weighted by Gasteiger charge is 2.42. The summed E-state index contributed by atoms with van der Waals surface area (Å²) in [7, 11) is 0. The molecule has 4 aromatic rings. The molecule has 2 aromatic carbocycles. The van der Waals surface area contributed by atoms with E-state index in [1.54, 1.807) is 6.07 Å². The van der Waals surface area contributed by atoms with E-state index < -0.39 is 0 Å². The normalized spacial score (nSPS) is 17.6. The molecule has 1 saturated heterocycles. The first-order valence-corrected chi connectivity index (χ1v) is 13.2. The number of halogens is 2. The molecular formula is C29H28Cl2N4S. The zero-order chi connectivity index (χ0) is 25.6. The average Bonchev–Trinajstić information content (AvgIpc) is 3.36. The third-order valence-electron chi connectivity index (χ3n) is 6.90. The maximum Gasteiger partial charge on any atom is 0.174 e. The van der Waals surface area contributed by atoms with E-state index in [4.69, 9.17) is 35.4 Å². The number of rotatable bonds is 5. The van der Waals surface area contributed by atoms with Crippen molar-refractivity contribution in [3.05, 3.63) is 111 Å². The van der Waals surface area contributed by atoms with Crippen LogP contribution in [0.4, 0.5) is 5.69 Å². The van der Waals surface area contributed by atoms with Gasteiger partial charge in [0.15, 0.2) is 5.11 Å². The minimum atomic E-state index is -0.118.